The number of aryl methyl sites for hydroxylation is 1. The maximum Gasteiger partial charge on any atom is 0.152 e. The summed E-state index contributed by atoms with van der Waals surface area (Å²) in [6, 6.07) is 5.89. The molecule has 3 N–H and O–H groups in total. The Kier molecular flexibility index (Phi) is 3.20. The number of rotatable bonds is 4. The van der Waals surface area contributed by atoms with Gasteiger partial charge in [0.15, 0.2) is 5.82 Å². The number of benzene rings is 1. The quantitative estimate of drug-likeness (QED) is 0.708. The number of aromatic nitrogens is 4. The number of nitrogens with zero attached hydrogens (tertiary/aromatic N) is 4. The second-order valence-electron chi connectivity index (χ2n) is 4.51. The van der Waals surface area contributed by atoms with Crippen molar-refractivity contribution in [2.24, 2.45) is 0 Å². The van der Waals surface area contributed by atoms with Crippen molar-refractivity contribution in [2.45, 2.75) is 20.0 Å². The molecular weight excluding hydrogens is 252 g/mol. The molecular formula is C14H16N6. The van der Waals surface area contributed by atoms with Crippen LogP contribution in [0.5, 0.6) is 0 Å². The number of pyridine rings is 1. The van der Waals surface area contributed by atoms with Crippen molar-refractivity contribution in [3.8, 4) is 0 Å². The summed E-state index contributed by atoms with van der Waals surface area (Å²) in [5, 5.41) is 13.4. The van der Waals surface area contributed by atoms with Gasteiger partial charge in [-0.3, -0.25) is 4.98 Å². The van der Waals surface area contributed by atoms with Gasteiger partial charge in [0.2, 0.25) is 0 Å². The SMILES string of the molecule is CCn1cnnc1CNc1ccc2cnccc2c1N. The van der Waals surface area contributed by atoms with Gasteiger partial charge in [0.05, 0.1) is 17.9 Å². The summed E-state index contributed by atoms with van der Waals surface area (Å²) >= 11 is 0. The zero-order chi connectivity index (χ0) is 13.9. The molecule has 0 saturated heterocycles. The molecule has 0 saturated carbocycles. The predicted octanol–water partition coefficient (Wildman–Crippen LogP) is 2.04. The van der Waals surface area contributed by atoms with Crippen LogP contribution in [0.4, 0.5) is 11.4 Å². The van der Waals surface area contributed by atoms with Gasteiger partial charge in [-0.2, -0.15) is 0 Å². The Morgan fingerprint density at radius 1 is 1.30 bits per heavy atom. The van der Waals surface area contributed by atoms with E-state index in [4.69, 9.17) is 5.73 Å². The van der Waals surface area contributed by atoms with E-state index in [1.807, 2.05) is 29.0 Å². The number of nitrogens with two attached hydrogens (primary N) is 1. The lowest BCUT2D eigenvalue weighted by Crippen LogP contribution is -2.08. The van der Waals surface area contributed by atoms with Crippen molar-refractivity contribution in [3.63, 3.8) is 0 Å². The average Bonchev–Trinajstić information content (AvgIpc) is 2.94. The molecule has 0 bridgehead atoms. The van der Waals surface area contributed by atoms with E-state index in [1.54, 1.807) is 12.5 Å². The van der Waals surface area contributed by atoms with Gasteiger partial charge in [-0.1, -0.05) is 6.07 Å². The molecule has 6 heteroatoms. The highest BCUT2D eigenvalue weighted by Gasteiger charge is 2.06. The highest BCUT2D eigenvalue weighted by atomic mass is 15.3. The van der Waals surface area contributed by atoms with Crippen LogP contribution < -0.4 is 11.1 Å². The molecule has 0 amide bonds. The Bertz CT molecular complexity index is 733. The summed E-state index contributed by atoms with van der Waals surface area (Å²) in [5.74, 6) is 0.890. The van der Waals surface area contributed by atoms with E-state index in [0.717, 1.165) is 34.5 Å². The minimum absolute atomic E-state index is 0.592. The van der Waals surface area contributed by atoms with E-state index in [0.29, 0.717) is 6.54 Å². The van der Waals surface area contributed by atoms with Crippen LogP contribution in [0.25, 0.3) is 10.8 Å². The van der Waals surface area contributed by atoms with Crippen LogP contribution in [0.2, 0.25) is 0 Å². The fraction of sp³-hybridized carbons (Fsp3) is 0.214. The van der Waals surface area contributed by atoms with Crippen molar-refractivity contribution in [2.75, 3.05) is 11.1 Å². The summed E-state index contributed by atoms with van der Waals surface area (Å²) in [6.07, 6.45) is 5.28. The molecule has 0 unspecified atom stereocenters. The van der Waals surface area contributed by atoms with E-state index >= 15 is 0 Å². The fourth-order valence-corrected chi connectivity index (χ4v) is 2.20. The van der Waals surface area contributed by atoms with Gasteiger partial charge in [-0.15, -0.1) is 10.2 Å². The topological polar surface area (TPSA) is 81.7 Å². The molecule has 0 aliphatic heterocycles. The first-order valence-corrected chi connectivity index (χ1v) is 6.52. The first-order chi connectivity index (χ1) is 9.79. The molecule has 3 aromatic rings. The molecule has 0 spiro atoms. The Labute approximate surface area is 116 Å². The molecule has 2 heterocycles. The fourth-order valence-electron chi connectivity index (χ4n) is 2.20. The molecule has 0 fully saturated rings. The number of fused-ring (bicyclic) bond motifs is 1. The van der Waals surface area contributed by atoms with Gasteiger partial charge >= 0.3 is 0 Å². The van der Waals surface area contributed by atoms with Crippen LogP contribution in [0.15, 0.2) is 36.9 Å². The van der Waals surface area contributed by atoms with Crippen LogP contribution in [0.3, 0.4) is 0 Å². The molecule has 102 valence electrons. The van der Waals surface area contributed by atoms with Crippen molar-refractivity contribution in [3.05, 3.63) is 42.7 Å². The normalized spacial score (nSPS) is 10.8. The summed E-state index contributed by atoms with van der Waals surface area (Å²) in [7, 11) is 0. The average molecular weight is 268 g/mol. The smallest absolute Gasteiger partial charge is 0.152 e. The zero-order valence-electron chi connectivity index (χ0n) is 11.2. The third kappa shape index (κ3) is 2.16. The third-order valence-corrected chi connectivity index (χ3v) is 3.34. The monoisotopic (exact) mass is 268 g/mol. The molecule has 0 aliphatic rings. The molecule has 20 heavy (non-hydrogen) atoms. The maximum absolute atomic E-state index is 6.20. The molecule has 1 aromatic carbocycles. The van der Waals surface area contributed by atoms with Crippen molar-refractivity contribution < 1.29 is 0 Å². The van der Waals surface area contributed by atoms with Gasteiger partial charge in [-0.05, 0) is 19.1 Å². The van der Waals surface area contributed by atoms with Crippen LogP contribution >= 0.6 is 0 Å². The lowest BCUT2D eigenvalue weighted by atomic mass is 10.1. The summed E-state index contributed by atoms with van der Waals surface area (Å²) in [6.45, 7) is 3.50. The number of nitrogens with one attached hydrogen (secondary N) is 1. The Morgan fingerprint density at radius 2 is 2.20 bits per heavy atom. The Morgan fingerprint density at radius 3 is 3.05 bits per heavy atom. The lowest BCUT2D eigenvalue weighted by molar-refractivity contribution is 0.708. The maximum atomic E-state index is 6.20. The van der Waals surface area contributed by atoms with Crippen LogP contribution in [0, 0.1) is 0 Å². The third-order valence-electron chi connectivity index (χ3n) is 3.34. The zero-order valence-corrected chi connectivity index (χ0v) is 11.2. The first kappa shape index (κ1) is 12.4. The Balaban J connectivity index is 1.86. The number of hydrogen-bond donors (Lipinski definition) is 2. The first-order valence-electron chi connectivity index (χ1n) is 6.52. The standard InChI is InChI=1S/C14H16N6/c1-2-20-9-18-19-13(20)8-17-12-4-3-10-7-16-6-5-11(10)14(12)15/h3-7,9,17H,2,8,15H2,1H3. The molecule has 3 rings (SSSR count). The van der Waals surface area contributed by atoms with Crippen LogP contribution in [0.1, 0.15) is 12.7 Å². The van der Waals surface area contributed by atoms with E-state index in [-0.39, 0.29) is 0 Å². The highest BCUT2D eigenvalue weighted by Crippen LogP contribution is 2.28. The van der Waals surface area contributed by atoms with E-state index in [1.165, 1.54) is 0 Å². The van der Waals surface area contributed by atoms with E-state index in [2.05, 4.69) is 27.4 Å². The van der Waals surface area contributed by atoms with Gasteiger partial charge in [0.25, 0.3) is 0 Å². The molecule has 0 atom stereocenters. The summed E-state index contributed by atoms with van der Waals surface area (Å²) < 4.78 is 1.99. The molecule has 0 radical (unpaired) electrons. The van der Waals surface area contributed by atoms with E-state index in [9.17, 15) is 0 Å². The number of anilines is 2. The molecule has 6 nitrogen and oxygen atoms in total. The number of hydrogen-bond acceptors (Lipinski definition) is 5. The molecule has 2 aromatic heterocycles. The van der Waals surface area contributed by atoms with Crippen molar-refractivity contribution >= 4 is 22.1 Å². The second kappa shape index (κ2) is 5.16. The minimum Gasteiger partial charge on any atom is -0.397 e. The Hall–Kier alpha value is -2.63. The summed E-state index contributed by atoms with van der Waals surface area (Å²) in [4.78, 5) is 4.10. The predicted molar refractivity (Wildman–Crippen MR) is 79.2 cm³/mol. The minimum atomic E-state index is 0.592. The van der Waals surface area contributed by atoms with Crippen molar-refractivity contribution in [1.29, 1.82) is 0 Å². The summed E-state index contributed by atoms with van der Waals surface area (Å²) in [5.41, 5.74) is 7.82. The van der Waals surface area contributed by atoms with Crippen LogP contribution in [-0.4, -0.2) is 19.7 Å². The highest BCUT2D eigenvalue weighted by molar-refractivity contribution is 5.98. The molecule has 0 aliphatic carbocycles. The second-order valence-corrected chi connectivity index (χ2v) is 4.51. The van der Waals surface area contributed by atoms with E-state index < -0.39 is 0 Å². The lowest BCUT2D eigenvalue weighted by Gasteiger charge is -2.11. The van der Waals surface area contributed by atoms with Crippen LogP contribution in [-0.2, 0) is 13.1 Å². The number of nitrogen functional groups attached to an aromatic ring is 1. The van der Waals surface area contributed by atoms with Gasteiger partial charge in [0.1, 0.15) is 6.33 Å². The van der Waals surface area contributed by atoms with Crippen molar-refractivity contribution in [1.82, 2.24) is 19.7 Å². The van der Waals surface area contributed by atoms with Gasteiger partial charge < -0.3 is 15.6 Å². The van der Waals surface area contributed by atoms with Gasteiger partial charge in [-0.25, -0.2) is 0 Å². The van der Waals surface area contributed by atoms with Gasteiger partial charge in [0, 0.05) is 29.7 Å². The largest absolute Gasteiger partial charge is 0.397 e.